The van der Waals surface area contributed by atoms with Gasteiger partial charge in [0.1, 0.15) is 5.75 Å². The summed E-state index contributed by atoms with van der Waals surface area (Å²) in [4.78, 5) is 15.8. The molecule has 0 aliphatic heterocycles. The fourth-order valence-corrected chi connectivity index (χ4v) is 2.82. The normalized spacial score (nSPS) is 12.6. The van der Waals surface area contributed by atoms with Gasteiger partial charge in [-0.15, -0.1) is 13.2 Å². The zero-order chi connectivity index (χ0) is 21.2. The number of pyridine rings is 1. The number of alkyl halides is 3. The summed E-state index contributed by atoms with van der Waals surface area (Å²) in [5, 5.41) is 17.7. The highest BCUT2D eigenvalue weighted by molar-refractivity contribution is 5.88. The average Bonchev–Trinajstić information content (AvgIpc) is 3.04. The fraction of sp³-hybridized carbons (Fsp3) is 0.211. The minimum atomic E-state index is -4.79. The van der Waals surface area contributed by atoms with Crippen molar-refractivity contribution in [2.24, 2.45) is 0 Å². The first kappa shape index (κ1) is 20.3. The minimum Gasteiger partial charge on any atom is -0.406 e. The summed E-state index contributed by atoms with van der Waals surface area (Å²) in [7, 11) is 0. The Morgan fingerprint density at radius 3 is 2.62 bits per heavy atom. The van der Waals surface area contributed by atoms with Crippen LogP contribution in [0.15, 0.2) is 49.2 Å². The van der Waals surface area contributed by atoms with Gasteiger partial charge in [-0.2, -0.15) is 5.10 Å². The van der Waals surface area contributed by atoms with E-state index in [1.807, 2.05) is 0 Å². The first-order valence-corrected chi connectivity index (χ1v) is 8.50. The molecule has 29 heavy (non-hydrogen) atoms. The molecular weight excluding hydrogens is 389 g/mol. The van der Waals surface area contributed by atoms with E-state index in [0.717, 1.165) is 18.2 Å². The van der Waals surface area contributed by atoms with Crippen molar-refractivity contribution in [1.29, 1.82) is 0 Å². The SMILES string of the molecule is C=CC(=O)NCc1nn(-c2ccc(OC(F)(F)F)cc2)c2nccc([C@@H](C)O)c12. The maximum absolute atomic E-state index is 12.4. The molecule has 2 heterocycles. The number of nitrogens with one attached hydrogen (secondary N) is 1. The van der Waals surface area contributed by atoms with Crippen molar-refractivity contribution in [3.8, 4) is 11.4 Å². The number of nitrogens with zero attached hydrogens (tertiary/aromatic N) is 3. The molecule has 0 saturated carbocycles. The quantitative estimate of drug-likeness (QED) is 0.614. The van der Waals surface area contributed by atoms with Crippen molar-refractivity contribution in [3.05, 3.63) is 60.4 Å². The molecule has 152 valence electrons. The van der Waals surface area contributed by atoms with Crippen LogP contribution in [0.4, 0.5) is 13.2 Å². The third kappa shape index (κ3) is 4.54. The van der Waals surface area contributed by atoms with Gasteiger partial charge < -0.3 is 15.2 Å². The molecule has 0 spiro atoms. The molecule has 1 aromatic carbocycles. The van der Waals surface area contributed by atoms with Crippen molar-refractivity contribution >= 4 is 16.9 Å². The number of halogens is 3. The van der Waals surface area contributed by atoms with E-state index in [9.17, 15) is 23.1 Å². The van der Waals surface area contributed by atoms with E-state index < -0.39 is 18.4 Å². The second-order valence-corrected chi connectivity index (χ2v) is 6.10. The summed E-state index contributed by atoms with van der Waals surface area (Å²) in [6.07, 6.45) is -3.00. The zero-order valence-corrected chi connectivity index (χ0v) is 15.3. The average molecular weight is 406 g/mol. The molecule has 1 atom stereocenters. The molecule has 2 N–H and O–H groups in total. The number of hydrogen-bond acceptors (Lipinski definition) is 5. The molecule has 3 rings (SSSR count). The number of ether oxygens (including phenoxy) is 1. The number of benzene rings is 1. The molecule has 0 aliphatic carbocycles. The van der Waals surface area contributed by atoms with Crippen LogP contribution < -0.4 is 10.1 Å². The molecule has 0 fully saturated rings. The summed E-state index contributed by atoms with van der Waals surface area (Å²) in [5.74, 6) is -0.766. The molecule has 0 bridgehead atoms. The number of aliphatic hydroxyl groups is 1. The third-order valence-electron chi connectivity index (χ3n) is 4.05. The molecule has 0 radical (unpaired) electrons. The van der Waals surface area contributed by atoms with Gasteiger partial charge in [-0.3, -0.25) is 4.79 Å². The van der Waals surface area contributed by atoms with Crippen LogP contribution >= 0.6 is 0 Å². The van der Waals surface area contributed by atoms with Gasteiger partial charge in [-0.25, -0.2) is 9.67 Å². The molecule has 10 heteroatoms. The van der Waals surface area contributed by atoms with Crippen LogP contribution in [0, 0.1) is 0 Å². The Morgan fingerprint density at radius 2 is 2.03 bits per heavy atom. The predicted octanol–water partition coefficient (Wildman–Crippen LogP) is 3.17. The van der Waals surface area contributed by atoms with Gasteiger partial charge >= 0.3 is 6.36 Å². The van der Waals surface area contributed by atoms with Crippen molar-refractivity contribution in [2.75, 3.05) is 0 Å². The highest BCUT2D eigenvalue weighted by atomic mass is 19.4. The van der Waals surface area contributed by atoms with E-state index in [0.29, 0.717) is 28.0 Å². The van der Waals surface area contributed by atoms with Gasteiger partial charge in [0.15, 0.2) is 5.65 Å². The lowest BCUT2D eigenvalue weighted by atomic mass is 10.1. The lowest BCUT2D eigenvalue weighted by Gasteiger charge is -2.10. The van der Waals surface area contributed by atoms with Crippen molar-refractivity contribution in [3.63, 3.8) is 0 Å². The number of fused-ring (bicyclic) bond motifs is 1. The number of hydrogen-bond donors (Lipinski definition) is 2. The van der Waals surface area contributed by atoms with Crippen LogP contribution in [-0.2, 0) is 11.3 Å². The number of carbonyl (C=O) groups excluding carboxylic acids is 1. The molecule has 7 nitrogen and oxygen atoms in total. The Morgan fingerprint density at radius 1 is 1.34 bits per heavy atom. The Labute approximate surface area is 163 Å². The van der Waals surface area contributed by atoms with E-state index in [1.54, 1.807) is 13.0 Å². The zero-order valence-electron chi connectivity index (χ0n) is 15.3. The van der Waals surface area contributed by atoms with Crippen molar-refractivity contribution in [1.82, 2.24) is 20.1 Å². The van der Waals surface area contributed by atoms with Gasteiger partial charge in [0.05, 0.1) is 29.4 Å². The standard InChI is InChI=1S/C19H17F3N4O3/c1-3-16(28)24-10-15-17-14(11(2)27)8-9-23-18(17)26(25-15)12-4-6-13(7-5-12)29-19(20,21)22/h3-9,11,27H,1,10H2,2H3,(H,24,28)/t11-/m1/s1. The van der Waals surface area contributed by atoms with Crippen LogP contribution in [0.5, 0.6) is 5.75 Å². The smallest absolute Gasteiger partial charge is 0.406 e. The monoisotopic (exact) mass is 406 g/mol. The number of amides is 1. The summed E-state index contributed by atoms with van der Waals surface area (Å²) in [6, 6.07) is 6.76. The van der Waals surface area contributed by atoms with Gasteiger partial charge in [0, 0.05) is 6.20 Å². The Bertz CT molecular complexity index is 1040. The maximum atomic E-state index is 12.4. The lowest BCUT2D eigenvalue weighted by molar-refractivity contribution is -0.274. The van der Waals surface area contributed by atoms with Crippen LogP contribution in [0.2, 0.25) is 0 Å². The number of aliphatic hydroxyl groups excluding tert-OH is 1. The summed E-state index contributed by atoms with van der Waals surface area (Å²) >= 11 is 0. The largest absolute Gasteiger partial charge is 0.573 e. The first-order valence-electron chi connectivity index (χ1n) is 8.50. The second kappa shape index (κ2) is 7.92. The van der Waals surface area contributed by atoms with Crippen molar-refractivity contribution < 1.29 is 27.8 Å². The topological polar surface area (TPSA) is 89.3 Å². The van der Waals surface area contributed by atoms with E-state index in [1.165, 1.54) is 23.0 Å². The molecule has 1 amide bonds. The summed E-state index contributed by atoms with van der Waals surface area (Å²) in [6.45, 7) is 5.02. The lowest BCUT2D eigenvalue weighted by Crippen LogP contribution is -2.20. The Hall–Kier alpha value is -3.40. The number of carbonyl (C=O) groups is 1. The summed E-state index contributed by atoms with van der Waals surface area (Å²) in [5.41, 5.74) is 1.81. The van der Waals surface area contributed by atoms with Crippen molar-refractivity contribution in [2.45, 2.75) is 25.9 Å². The molecule has 0 unspecified atom stereocenters. The fourth-order valence-electron chi connectivity index (χ4n) is 2.82. The van der Waals surface area contributed by atoms with Gasteiger partial charge in [0.25, 0.3) is 0 Å². The molecule has 0 saturated heterocycles. The van der Waals surface area contributed by atoms with E-state index >= 15 is 0 Å². The van der Waals surface area contributed by atoms with E-state index in [4.69, 9.17) is 0 Å². The highest BCUT2D eigenvalue weighted by Gasteiger charge is 2.31. The van der Waals surface area contributed by atoms with E-state index in [-0.39, 0.29) is 12.3 Å². The summed E-state index contributed by atoms with van der Waals surface area (Å²) < 4.78 is 42.4. The van der Waals surface area contributed by atoms with Crippen LogP contribution in [0.25, 0.3) is 16.7 Å². The van der Waals surface area contributed by atoms with Gasteiger partial charge in [0.2, 0.25) is 5.91 Å². The highest BCUT2D eigenvalue weighted by Crippen LogP contribution is 2.29. The van der Waals surface area contributed by atoms with Crippen LogP contribution in [0.1, 0.15) is 24.3 Å². The van der Waals surface area contributed by atoms with Gasteiger partial charge in [-0.05, 0) is 48.9 Å². The van der Waals surface area contributed by atoms with Gasteiger partial charge in [-0.1, -0.05) is 6.58 Å². The van der Waals surface area contributed by atoms with E-state index in [2.05, 4.69) is 26.7 Å². The van der Waals surface area contributed by atoms with Crippen LogP contribution in [0.3, 0.4) is 0 Å². The maximum Gasteiger partial charge on any atom is 0.573 e. The minimum absolute atomic E-state index is 0.0506. The van der Waals surface area contributed by atoms with Crippen LogP contribution in [-0.4, -0.2) is 32.1 Å². The number of rotatable bonds is 6. The Kier molecular flexibility index (Phi) is 5.55. The second-order valence-electron chi connectivity index (χ2n) is 6.10. The number of aromatic nitrogens is 3. The first-order chi connectivity index (χ1) is 13.7. The predicted molar refractivity (Wildman–Crippen MR) is 98.2 cm³/mol. The third-order valence-corrected chi connectivity index (χ3v) is 4.05. The molecular formula is C19H17F3N4O3. The Balaban J connectivity index is 2.07. The molecule has 0 aliphatic rings. The molecule has 2 aromatic heterocycles. The molecule has 3 aromatic rings.